The first-order chi connectivity index (χ1) is 8.11. The summed E-state index contributed by atoms with van der Waals surface area (Å²) >= 11 is 0. The maximum absolute atomic E-state index is 10.4. The Morgan fingerprint density at radius 2 is 2.35 bits per heavy atom. The Hall–Kier alpha value is -2.22. The highest BCUT2D eigenvalue weighted by Gasteiger charge is 2.20. The highest BCUT2D eigenvalue weighted by atomic mass is 16.6. The van der Waals surface area contributed by atoms with Crippen molar-refractivity contribution >= 4 is 5.88 Å². The summed E-state index contributed by atoms with van der Waals surface area (Å²) in [4.78, 5) is 13.6. The largest absolute Gasteiger partial charge is 0.433 e. The molecule has 1 N–H and O–H groups in total. The van der Waals surface area contributed by atoms with Crippen molar-refractivity contribution in [1.82, 2.24) is 10.1 Å². The number of aliphatic hydroxyl groups is 1. The maximum Gasteiger partial charge on any atom is 0.433 e. The van der Waals surface area contributed by atoms with Crippen LogP contribution in [-0.2, 0) is 0 Å². The molecule has 0 amide bonds. The van der Waals surface area contributed by atoms with Crippen LogP contribution >= 0.6 is 0 Å². The van der Waals surface area contributed by atoms with Crippen molar-refractivity contribution in [3.05, 3.63) is 28.1 Å². The molecule has 2 heterocycles. The van der Waals surface area contributed by atoms with Gasteiger partial charge < -0.3 is 14.0 Å². The molecule has 1 unspecified atom stereocenters. The Bertz CT molecular complexity index is 532. The summed E-state index contributed by atoms with van der Waals surface area (Å²) in [7, 11) is 0. The monoisotopic (exact) mass is 239 g/mol. The Labute approximate surface area is 95.0 Å². The molecule has 0 radical (unpaired) electrons. The number of nitrogens with zero attached hydrogens (tertiary/aromatic N) is 3. The molecule has 2 aromatic heterocycles. The van der Waals surface area contributed by atoms with Crippen LogP contribution in [0.3, 0.4) is 0 Å². The predicted molar refractivity (Wildman–Crippen MR) is 53.9 cm³/mol. The average molecular weight is 239 g/mol. The van der Waals surface area contributed by atoms with E-state index in [9.17, 15) is 15.2 Å². The Morgan fingerprint density at radius 1 is 1.59 bits per heavy atom. The van der Waals surface area contributed by atoms with Crippen LogP contribution in [0.1, 0.15) is 25.3 Å². The summed E-state index contributed by atoms with van der Waals surface area (Å²) < 4.78 is 9.71. The van der Waals surface area contributed by atoms with Gasteiger partial charge in [-0.15, -0.1) is 0 Å². The fraction of sp³-hybridized carbons (Fsp3) is 0.333. The second-order valence-corrected chi connectivity index (χ2v) is 3.28. The molecule has 17 heavy (non-hydrogen) atoms. The molecule has 0 aliphatic heterocycles. The molecular formula is C9H9N3O5. The first kappa shape index (κ1) is 11.3. The first-order valence-electron chi connectivity index (χ1n) is 4.88. The standard InChI is InChI=1S/C9H9N3O5/c1-2-5(13)8-10-9(17-11-8)6-3-4-7(16-6)12(14)15/h3-5,13H,2H2,1H3. The number of nitro groups is 1. The summed E-state index contributed by atoms with van der Waals surface area (Å²) in [6, 6.07) is 2.54. The predicted octanol–water partition coefficient (Wildman–Crippen LogP) is 1.68. The Kier molecular flexibility index (Phi) is 2.88. The van der Waals surface area contributed by atoms with Gasteiger partial charge in [0.2, 0.25) is 5.82 Å². The van der Waals surface area contributed by atoms with E-state index < -0.39 is 16.9 Å². The summed E-state index contributed by atoms with van der Waals surface area (Å²) in [6.07, 6.45) is -0.380. The van der Waals surface area contributed by atoms with E-state index in [1.54, 1.807) is 6.92 Å². The lowest BCUT2D eigenvalue weighted by Crippen LogP contribution is -1.97. The van der Waals surface area contributed by atoms with Gasteiger partial charge in [0.25, 0.3) is 5.89 Å². The van der Waals surface area contributed by atoms with Crippen LogP contribution in [0, 0.1) is 10.1 Å². The van der Waals surface area contributed by atoms with E-state index in [1.165, 1.54) is 12.1 Å². The molecule has 8 nitrogen and oxygen atoms in total. The van der Waals surface area contributed by atoms with E-state index >= 15 is 0 Å². The molecule has 0 spiro atoms. The smallest absolute Gasteiger partial charge is 0.395 e. The van der Waals surface area contributed by atoms with Crippen LogP contribution in [0.15, 0.2) is 21.1 Å². The number of hydrogen-bond acceptors (Lipinski definition) is 7. The van der Waals surface area contributed by atoms with Crippen molar-refractivity contribution in [2.45, 2.75) is 19.4 Å². The van der Waals surface area contributed by atoms with Crippen molar-refractivity contribution in [3.63, 3.8) is 0 Å². The van der Waals surface area contributed by atoms with Gasteiger partial charge in [0.05, 0.1) is 6.07 Å². The van der Waals surface area contributed by atoms with Crippen LogP contribution in [-0.4, -0.2) is 20.2 Å². The van der Waals surface area contributed by atoms with E-state index in [2.05, 4.69) is 10.1 Å². The third-order valence-corrected chi connectivity index (χ3v) is 2.11. The van der Waals surface area contributed by atoms with Crippen LogP contribution < -0.4 is 0 Å². The fourth-order valence-corrected chi connectivity index (χ4v) is 1.19. The minimum Gasteiger partial charge on any atom is -0.395 e. The summed E-state index contributed by atoms with van der Waals surface area (Å²) in [5.74, 6) is -0.184. The van der Waals surface area contributed by atoms with E-state index in [0.717, 1.165) is 0 Å². The zero-order valence-corrected chi connectivity index (χ0v) is 8.86. The summed E-state index contributed by atoms with van der Waals surface area (Å²) in [5.41, 5.74) is 0. The lowest BCUT2D eigenvalue weighted by atomic mass is 10.3. The number of furan rings is 1. The lowest BCUT2D eigenvalue weighted by Gasteiger charge is -1.97. The fourth-order valence-electron chi connectivity index (χ4n) is 1.19. The van der Waals surface area contributed by atoms with Crippen molar-refractivity contribution in [2.24, 2.45) is 0 Å². The zero-order chi connectivity index (χ0) is 12.4. The van der Waals surface area contributed by atoms with Crippen LogP contribution in [0.25, 0.3) is 11.7 Å². The zero-order valence-electron chi connectivity index (χ0n) is 8.86. The number of hydrogen-bond donors (Lipinski definition) is 1. The molecule has 0 aromatic carbocycles. The summed E-state index contributed by atoms with van der Waals surface area (Å²) in [5, 5.41) is 23.4. The van der Waals surface area contributed by atoms with E-state index in [0.29, 0.717) is 6.42 Å². The molecule has 0 saturated carbocycles. The SMILES string of the molecule is CCC(O)c1noc(-c2ccc([N+](=O)[O-])o2)n1. The van der Waals surface area contributed by atoms with Gasteiger partial charge in [-0.1, -0.05) is 12.1 Å². The normalized spacial score (nSPS) is 12.6. The van der Waals surface area contributed by atoms with Gasteiger partial charge in [0, 0.05) is 0 Å². The quantitative estimate of drug-likeness (QED) is 0.637. The van der Waals surface area contributed by atoms with Gasteiger partial charge >= 0.3 is 5.88 Å². The number of aliphatic hydroxyl groups excluding tert-OH is 1. The van der Waals surface area contributed by atoms with Gasteiger partial charge in [0.15, 0.2) is 5.76 Å². The van der Waals surface area contributed by atoms with Gasteiger partial charge in [-0.3, -0.25) is 10.1 Å². The molecular weight excluding hydrogens is 230 g/mol. The van der Waals surface area contributed by atoms with Gasteiger partial charge in [-0.2, -0.15) is 4.98 Å². The molecule has 1 atom stereocenters. The number of rotatable bonds is 4. The minimum atomic E-state index is -0.822. The summed E-state index contributed by atoms with van der Waals surface area (Å²) in [6.45, 7) is 1.76. The van der Waals surface area contributed by atoms with Crippen molar-refractivity contribution in [2.75, 3.05) is 0 Å². The van der Waals surface area contributed by atoms with Crippen LogP contribution in [0.2, 0.25) is 0 Å². The Balaban J connectivity index is 2.27. The molecule has 0 fully saturated rings. The van der Waals surface area contributed by atoms with Gasteiger partial charge in [-0.25, -0.2) is 0 Å². The minimum absolute atomic E-state index is 0.000556. The van der Waals surface area contributed by atoms with E-state index in [4.69, 9.17) is 8.94 Å². The molecule has 2 rings (SSSR count). The molecule has 0 saturated heterocycles. The first-order valence-corrected chi connectivity index (χ1v) is 4.88. The molecule has 90 valence electrons. The highest BCUT2D eigenvalue weighted by molar-refractivity contribution is 5.46. The Morgan fingerprint density at radius 3 is 2.94 bits per heavy atom. The lowest BCUT2D eigenvalue weighted by molar-refractivity contribution is -0.401. The second kappa shape index (κ2) is 4.34. The van der Waals surface area contributed by atoms with E-state index in [-0.39, 0.29) is 17.5 Å². The van der Waals surface area contributed by atoms with E-state index in [1.807, 2.05) is 0 Å². The molecule has 8 heteroatoms. The maximum atomic E-state index is 10.4. The third-order valence-electron chi connectivity index (χ3n) is 2.11. The topological polar surface area (TPSA) is 115 Å². The van der Waals surface area contributed by atoms with Gasteiger partial charge in [-0.05, 0) is 12.5 Å². The number of aromatic nitrogens is 2. The molecule has 0 aliphatic rings. The van der Waals surface area contributed by atoms with Gasteiger partial charge in [0.1, 0.15) is 11.0 Å². The molecule has 0 aliphatic carbocycles. The highest BCUT2D eigenvalue weighted by Crippen LogP contribution is 2.25. The van der Waals surface area contributed by atoms with Crippen LogP contribution in [0.5, 0.6) is 0 Å². The van der Waals surface area contributed by atoms with Crippen molar-refractivity contribution < 1.29 is 19.0 Å². The van der Waals surface area contributed by atoms with Crippen molar-refractivity contribution in [1.29, 1.82) is 0 Å². The average Bonchev–Trinajstić information content (AvgIpc) is 2.95. The third kappa shape index (κ3) is 2.16. The molecule has 0 bridgehead atoms. The second-order valence-electron chi connectivity index (χ2n) is 3.28. The van der Waals surface area contributed by atoms with Crippen LogP contribution in [0.4, 0.5) is 5.88 Å². The van der Waals surface area contributed by atoms with Crippen molar-refractivity contribution in [3.8, 4) is 11.7 Å². The molecule has 2 aromatic rings.